The number of para-hydroxylation sites is 1. The van der Waals surface area contributed by atoms with Gasteiger partial charge in [0.05, 0.1) is 17.0 Å². The quantitative estimate of drug-likeness (QED) is 0.694. The summed E-state index contributed by atoms with van der Waals surface area (Å²) >= 11 is 3.25. The molecule has 0 unspecified atom stereocenters. The number of amides is 1. The van der Waals surface area contributed by atoms with Crippen molar-refractivity contribution in [2.45, 2.75) is 26.2 Å². The predicted octanol–water partition coefficient (Wildman–Crippen LogP) is 5.18. The highest BCUT2D eigenvalue weighted by atomic mass is 32.1. The normalized spacial score (nSPS) is 10.9. The van der Waals surface area contributed by atoms with Gasteiger partial charge >= 0.3 is 0 Å². The van der Waals surface area contributed by atoms with Crippen LogP contribution >= 0.6 is 22.7 Å². The van der Waals surface area contributed by atoms with Crippen molar-refractivity contribution in [2.24, 2.45) is 0 Å². The van der Waals surface area contributed by atoms with Crippen molar-refractivity contribution in [3.63, 3.8) is 0 Å². The molecule has 2 aromatic heterocycles. The molecule has 23 heavy (non-hydrogen) atoms. The molecule has 5 heteroatoms. The lowest BCUT2D eigenvalue weighted by molar-refractivity contribution is -0.115. The predicted molar refractivity (Wildman–Crippen MR) is 98.3 cm³/mol. The molecule has 0 fully saturated rings. The van der Waals surface area contributed by atoms with Crippen LogP contribution in [0.1, 0.15) is 31.0 Å². The van der Waals surface area contributed by atoms with E-state index < -0.39 is 0 Å². The van der Waals surface area contributed by atoms with E-state index in [-0.39, 0.29) is 5.91 Å². The summed E-state index contributed by atoms with van der Waals surface area (Å²) in [6.45, 7) is 4.25. The number of thiophene rings is 1. The van der Waals surface area contributed by atoms with Crippen molar-refractivity contribution in [1.29, 1.82) is 0 Å². The number of hydrogen-bond donors (Lipinski definition) is 1. The Kier molecular flexibility index (Phi) is 4.88. The molecule has 0 aliphatic rings. The first-order chi connectivity index (χ1) is 11.1. The van der Waals surface area contributed by atoms with Gasteiger partial charge < -0.3 is 5.32 Å². The number of nitrogens with one attached hydrogen (secondary N) is 1. The first-order valence-electron chi connectivity index (χ1n) is 7.50. The van der Waals surface area contributed by atoms with Crippen molar-refractivity contribution in [3.05, 3.63) is 58.4 Å². The third kappa shape index (κ3) is 3.86. The summed E-state index contributed by atoms with van der Waals surface area (Å²) in [6.07, 6.45) is 0.300. The van der Waals surface area contributed by atoms with Gasteiger partial charge in [-0.3, -0.25) is 4.79 Å². The first kappa shape index (κ1) is 15.9. The molecule has 0 bridgehead atoms. The van der Waals surface area contributed by atoms with E-state index in [0.717, 1.165) is 26.8 Å². The largest absolute Gasteiger partial charge is 0.325 e. The van der Waals surface area contributed by atoms with E-state index in [1.165, 1.54) is 0 Å². The third-order valence-corrected chi connectivity index (χ3v) is 5.41. The molecule has 0 aliphatic carbocycles. The van der Waals surface area contributed by atoms with Crippen LogP contribution in [0.4, 0.5) is 5.69 Å². The van der Waals surface area contributed by atoms with Gasteiger partial charge in [0.2, 0.25) is 5.91 Å². The SMILES string of the molecule is CC(C)c1ccccc1NC(=O)Cc1csc(-c2cccs2)n1. The van der Waals surface area contributed by atoms with Crippen LogP contribution in [0.2, 0.25) is 0 Å². The van der Waals surface area contributed by atoms with Crippen LogP contribution in [0.25, 0.3) is 9.88 Å². The number of nitrogens with zero attached hydrogens (tertiary/aromatic N) is 1. The Hall–Kier alpha value is -1.98. The van der Waals surface area contributed by atoms with Crippen molar-refractivity contribution in [1.82, 2.24) is 4.98 Å². The van der Waals surface area contributed by atoms with Gasteiger partial charge in [-0.25, -0.2) is 4.98 Å². The van der Waals surface area contributed by atoms with Gasteiger partial charge in [0, 0.05) is 11.1 Å². The smallest absolute Gasteiger partial charge is 0.230 e. The molecule has 0 atom stereocenters. The topological polar surface area (TPSA) is 42.0 Å². The molecule has 3 aromatic rings. The number of anilines is 1. The third-order valence-electron chi connectivity index (χ3n) is 3.48. The van der Waals surface area contributed by atoms with Gasteiger partial charge in [0.15, 0.2) is 0 Å². The molecule has 3 rings (SSSR count). The number of aromatic nitrogens is 1. The Morgan fingerprint density at radius 2 is 2.00 bits per heavy atom. The summed E-state index contributed by atoms with van der Waals surface area (Å²) in [7, 11) is 0. The average Bonchev–Trinajstić information content (AvgIpc) is 3.18. The molecule has 0 aliphatic heterocycles. The Morgan fingerprint density at radius 3 is 2.74 bits per heavy atom. The zero-order chi connectivity index (χ0) is 16.2. The second kappa shape index (κ2) is 7.06. The fraction of sp³-hybridized carbons (Fsp3) is 0.222. The van der Waals surface area contributed by atoms with Crippen molar-refractivity contribution < 1.29 is 4.79 Å². The summed E-state index contributed by atoms with van der Waals surface area (Å²) in [5.74, 6) is 0.345. The monoisotopic (exact) mass is 342 g/mol. The van der Waals surface area contributed by atoms with E-state index >= 15 is 0 Å². The zero-order valence-electron chi connectivity index (χ0n) is 13.1. The number of hydrogen-bond acceptors (Lipinski definition) is 4. The molecule has 1 aromatic carbocycles. The molecule has 118 valence electrons. The number of thiazole rings is 1. The second-order valence-corrected chi connectivity index (χ2v) is 7.39. The lowest BCUT2D eigenvalue weighted by Gasteiger charge is -2.13. The van der Waals surface area contributed by atoms with Crippen LogP contribution < -0.4 is 5.32 Å². The molecule has 0 radical (unpaired) electrons. The maximum absolute atomic E-state index is 12.3. The maximum atomic E-state index is 12.3. The van der Waals surface area contributed by atoms with Crippen molar-refractivity contribution in [2.75, 3.05) is 5.32 Å². The fourth-order valence-electron chi connectivity index (χ4n) is 2.37. The van der Waals surface area contributed by atoms with Gasteiger partial charge in [0.1, 0.15) is 5.01 Å². The Bertz CT molecular complexity index is 791. The minimum atomic E-state index is -0.0267. The summed E-state index contributed by atoms with van der Waals surface area (Å²) in [5.41, 5.74) is 2.86. The zero-order valence-corrected chi connectivity index (χ0v) is 14.7. The molecule has 1 amide bonds. The highest BCUT2D eigenvalue weighted by Gasteiger charge is 2.12. The van der Waals surface area contributed by atoms with E-state index in [1.807, 2.05) is 41.1 Å². The number of carbonyl (C=O) groups is 1. The van der Waals surface area contributed by atoms with Crippen LogP contribution in [0.3, 0.4) is 0 Å². The van der Waals surface area contributed by atoms with Crippen molar-refractivity contribution in [3.8, 4) is 9.88 Å². The van der Waals surface area contributed by atoms with Crippen LogP contribution in [-0.4, -0.2) is 10.9 Å². The summed E-state index contributed by atoms with van der Waals surface area (Å²) in [6, 6.07) is 12.0. The Labute approximate surface area is 144 Å². The van der Waals surface area contributed by atoms with Gasteiger partial charge in [-0.1, -0.05) is 38.1 Å². The van der Waals surface area contributed by atoms with E-state index in [1.54, 1.807) is 22.7 Å². The van der Waals surface area contributed by atoms with E-state index in [9.17, 15) is 4.79 Å². The number of carbonyl (C=O) groups excluding carboxylic acids is 1. The van der Waals surface area contributed by atoms with Gasteiger partial charge in [-0.2, -0.15) is 0 Å². The van der Waals surface area contributed by atoms with Gasteiger partial charge in [0.25, 0.3) is 0 Å². The molecule has 1 N–H and O–H groups in total. The van der Waals surface area contributed by atoms with E-state index in [2.05, 4.69) is 30.2 Å². The number of benzene rings is 1. The Morgan fingerprint density at radius 1 is 1.17 bits per heavy atom. The van der Waals surface area contributed by atoms with Crippen molar-refractivity contribution >= 4 is 34.3 Å². The lowest BCUT2D eigenvalue weighted by atomic mass is 10.0. The van der Waals surface area contributed by atoms with Gasteiger partial charge in [-0.15, -0.1) is 22.7 Å². The fourth-order valence-corrected chi connectivity index (χ4v) is 4.01. The first-order valence-corrected chi connectivity index (χ1v) is 9.26. The van der Waals surface area contributed by atoms with Crippen LogP contribution in [0.5, 0.6) is 0 Å². The summed E-state index contributed by atoms with van der Waals surface area (Å²) in [4.78, 5) is 18.0. The van der Waals surface area contributed by atoms with E-state index in [0.29, 0.717) is 12.3 Å². The van der Waals surface area contributed by atoms with Crippen LogP contribution in [-0.2, 0) is 11.2 Å². The summed E-state index contributed by atoms with van der Waals surface area (Å²) in [5, 5.41) is 7.98. The maximum Gasteiger partial charge on any atom is 0.230 e. The standard InChI is InChI=1S/C18H18N2OS2/c1-12(2)14-6-3-4-7-15(14)20-17(21)10-13-11-23-18(19-13)16-8-5-9-22-16/h3-9,11-12H,10H2,1-2H3,(H,20,21). The average molecular weight is 342 g/mol. The highest BCUT2D eigenvalue weighted by molar-refractivity contribution is 7.20. The number of rotatable bonds is 5. The van der Waals surface area contributed by atoms with E-state index in [4.69, 9.17) is 0 Å². The summed E-state index contributed by atoms with van der Waals surface area (Å²) < 4.78 is 0. The van der Waals surface area contributed by atoms with Gasteiger partial charge in [-0.05, 0) is 29.0 Å². The minimum Gasteiger partial charge on any atom is -0.325 e. The molecular weight excluding hydrogens is 324 g/mol. The Balaban J connectivity index is 1.69. The van der Waals surface area contributed by atoms with Crippen LogP contribution in [0, 0.1) is 0 Å². The lowest BCUT2D eigenvalue weighted by Crippen LogP contribution is -2.16. The molecule has 2 heterocycles. The minimum absolute atomic E-state index is 0.0267. The molecule has 0 saturated carbocycles. The molecule has 3 nitrogen and oxygen atoms in total. The van der Waals surface area contributed by atoms with Crippen LogP contribution in [0.15, 0.2) is 47.2 Å². The highest BCUT2D eigenvalue weighted by Crippen LogP contribution is 2.28. The molecule has 0 spiro atoms. The second-order valence-electron chi connectivity index (χ2n) is 5.59. The molecular formula is C18H18N2OS2. The molecule has 0 saturated heterocycles.